The molecule has 1 aromatic rings. The molecule has 35 heavy (non-hydrogen) atoms. The largest absolute Gasteiger partial charge is 0.458 e. The fourth-order valence-corrected chi connectivity index (χ4v) is 3.77. The standard InChI is InChI=1S/C25H40N2O8/c1-6-32-24-21(27-19(28)12-13-26)23(33-16-20(29)35-25(2,3)4)22(30-5)18(34-24)15-31-14-17-10-8-7-9-11-17/h7-11,18,21-24H,6,12-16,26H2,1-5H3,(H,27,28)/t18?,21?,22-,23-,24?/m1/s1. The summed E-state index contributed by atoms with van der Waals surface area (Å²) >= 11 is 0. The van der Waals surface area contributed by atoms with Gasteiger partial charge in [0, 0.05) is 26.7 Å². The van der Waals surface area contributed by atoms with E-state index in [1.54, 1.807) is 20.8 Å². The van der Waals surface area contributed by atoms with Crippen LogP contribution in [0.3, 0.4) is 0 Å². The van der Waals surface area contributed by atoms with Crippen molar-refractivity contribution in [2.24, 2.45) is 5.73 Å². The van der Waals surface area contributed by atoms with Gasteiger partial charge in [0.25, 0.3) is 0 Å². The second-order valence-electron chi connectivity index (χ2n) is 9.19. The predicted octanol–water partition coefficient (Wildman–Crippen LogP) is 1.54. The van der Waals surface area contributed by atoms with E-state index in [0.717, 1.165) is 5.56 Å². The number of methoxy groups -OCH3 is 1. The molecule has 1 fully saturated rings. The van der Waals surface area contributed by atoms with E-state index >= 15 is 0 Å². The Bertz CT molecular complexity index is 770. The van der Waals surface area contributed by atoms with E-state index in [4.69, 9.17) is 34.2 Å². The highest BCUT2D eigenvalue weighted by Crippen LogP contribution is 2.27. The maximum atomic E-state index is 12.4. The van der Waals surface area contributed by atoms with Crippen LogP contribution in [0, 0.1) is 0 Å². The molecule has 3 unspecified atom stereocenters. The maximum absolute atomic E-state index is 12.4. The summed E-state index contributed by atoms with van der Waals surface area (Å²) < 4.78 is 35.0. The summed E-state index contributed by atoms with van der Waals surface area (Å²) in [4.78, 5) is 24.8. The number of amides is 1. The Hall–Kier alpha value is -2.08. The predicted molar refractivity (Wildman–Crippen MR) is 128 cm³/mol. The van der Waals surface area contributed by atoms with E-state index in [2.05, 4.69) is 5.32 Å². The quantitative estimate of drug-likeness (QED) is 0.391. The monoisotopic (exact) mass is 496 g/mol. The molecule has 0 bridgehead atoms. The summed E-state index contributed by atoms with van der Waals surface area (Å²) in [6, 6.07) is 9.00. The smallest absolute Gasteiger partial charge is 0.332 e. The van der Waals surface area contributed by atoms with Gasteiger partial charge in [-0.25, -0.2) is 4.79 Å². The van der Waals surface area contributed by atoms with Gasteiger partial charge in [0.15, 0.2) is 6.29 Å². The highest BCUT2D eigenvalue weighted by molar-refractivity contribution is 5.76. The molecule has 1 aliphatic heterocycles. The van der Waals surface area contributed by atoms with E-state index in [1.807, 2.05) is 37.3 Å². The van der Waals surface area contributed by atoms with Crippen LogP contribution in [0.5, 0.6) is 0 Å². The van der Waals surface area contributed by atoms with Crippen LogP contribution < -0.4 is 11.1 Å². The zero-order valence-electron chi connectivity index (χ0n) is 21.4. The van der Waals surface area contributed by atoms with Crippen molar-refractivity contribution in [2.45, 2.75) is 77.0 Å². The molecule has 10 heteroatoms. The summed E-state index contributed by atoms with van der Waals surface area (Å²) in [5.41, 5.74) is 5.90. The molecule has 1 aliphatic rings. The molecule has 1 aromatic carbocycles. The van der Waals surface area contributed by atoms with E-state index in [-0.39, 0.29) is 32.1 Å². The fraction of sp³-hybridized carbons (Fsp3) is 0.680. The minimum atomic E-state index is -0.845. The Labute approximate surface area is 207 Å². The van der Waals surface area contributed by atoms with Gasteiger partial charge in [0.05, 0.1) is 13.2 Å². The minimum Gasteiger partial charge on any atom is -0.458 e. The molecule has 0 aromatic heterocycles. The van der Waals surface area contributed by atoms with Crippen molar-refractivity contribution in [3.8, 4) is 0 Å². The minimum absolute atomic E-state index is 0.120. The highest BCUT2D eigenvalue weighted by atomic mass is 16.7. The van der Waals surface area contributed by atoms with Crippen molar-refractivity contribution in [3.05, 3.63) is 35.9 Å². The topological polar surface area (TPSA) is 128 Å². The number of hydrogen-bond acceptors (Lipinski definition) is 9. The number of hydrogen-bond donors (Lipinski definition) is 2. The van der Waals surface area contributed by atoms with E-state index in [1.165, 1.54) is 7.11 Å². The third-order valence-corrected chi connectivity index (χ3v) is 5.16. The van der Waals surface area contributed by atoms with Gasteiger partial charge in [-0.1, -0.05) is 30.3 Å². The SMILES string of the molecule is CCOC1OC(COCc2ccccc2)[C@@H](OC)[C@H](OCC(=O)OC(C)(C)C)C1NC(=O)CCN. The van der Waals surface area contributed by atoms with Gasteiger partial charge in [-0.15, -0.1) is 0 Å². The number of nitrogens with two attached hydrogens (primary N) is 1. The molecular formula is C25H40N2O8. The summed E-state index contributed by atoms with van der Waals surface area (Å²) in [5, 5.41) is 2.88. The van der Waals surface area contributed by atoms with E-state index in [0.29, 0.717) is 13.2 Å². The molecule has 1 heterocycles. The molecule has 1 saturated heterocycles. The first-order valence-corrected chi connectivity index (χ1v) is 11.9. The Kier molecular flexibility index (Phi) is 12.1. The van der Waals surface area contributed by atoms with Crippen molar-refractivity contribution < 1.29 is 38.0 Å². The Morgan fingerprint density at radius 2 is 1.83 bits per heavy atom. The Morgan fingerprint density at radius 3 is 2.43 bits per heavy atom. The number of rotatable bonds is 13. The Morgan fingerprint density at radius 1 is 1.11 bits per heavy atom. The summed E-state index contributed by atoms with van der Waals surface area (Å²) in [7, 11) is 1.52. The van der Waals surface area contributed by atoms with Crippen LogP contribution in [0.25, 0.3) is 0 Å². The molecule has 5 atom stereocenters. The molecule has 2 rings (SSSR count). The first kappa shape index (κ1) is 29.2. The summed E-state index contributed by atoms with van der Waals surface area (Å²) in [5.74, 6) is -0.819. The van der Waals surface area contributed by atoms with Gasteiger partial charge in [0.1, 0.15) is 36.6 Å². The van der Waals surface area contributed by atoms with Crippen LogP contribution in [0.2, 0.25) is 0 Å². The second-order valence-corrected chi connectivity index (χ2v) is 9.19. The van der Waals surface area contributed by atoms with Crippen LogP contribution in [0.4, 0.5) is 0 Å². The lowest BCUT2D eigenvalue weighted by Gasteiger charge is -2.45. The van der Waals surface area contributed by atoms with E-state index in [9.17, 15) is 9.59 Å². The fourth-order valence-electron chi connectivity index (χ4n) is 3.77. The van der Waals surface area contributed by atoms with Gasteiger partial charge in [0.2, 0.25) is 5.91 Å². The molecule has 0 radical (unpaired) electrons. The van der Waals surface area contributed by atoms with Crippen LogP contribution in [0.15, 0.2) is 30.3 Å². The Balaban J connectivity index is 2.20. The number of carbonyl (C=O) groups is 2. The molecule has 0 saturated carbocycles. The highest BCUT2D eigenvalue weighted by Gasteiger charge is 2.48. The first-order valence-electron chi connectivity index (χ1n) is 11.9. The molecule has 198 valence electrons. The number of ether oxygens (including phenoxy) is 6. The van der Waals surface area contributed by atoms with Gasteiger partial charge in [-0.3, -0.25) is 4.79 Å². The van der Waals surface area contributed by atoms with Gasteiger partial charge in [-0.05, 0) is 33.3 Å². The normalized spacial score (nSPS) is 24.7. The van der Waals surface area contributed by atoms with Crippen LogP contribution in [0.1, 0.15) is 39.7 Å². The van der Waals surface area contributed by atoms with Gasteiger partial charge >= 0.3 is 5.97 Å². The lowest BCUT2D eigenvalue weighted by atomic mass is 9.96. The van der Waals surface area contributed by atoms with E-state index < -0.39 is 42.2 Å². The van der Waals surface area contributed by atoms with Crippen LogP contribution >= 0.6 is 0 Å². The molecule has 10 nitrogen and oxygen atoms in total. The van der Waals surface area contributed by atoms with Gasteiger partial charge < -0.3 is 39.5 Å². The second kappa shape index (κ2) is 14.5. The van der Waals surface area contributed by atoms with Crippen molar-refractivity contribution in [1.82, 2.24) is 5.32 Å². The lowest BCUT2D eigenvalue weighted by Crippen LogP contribution is -2.66. The van der Waals surface area contributed by atoms with Crippen molar-refractivity contribution in [3.63, 3.8) is 0 Å². The zero-order chi connectivity index (χ0) is 25.8. The van der Waals surface area contributed by atoms with Crippen molar-refractivity contribution in [2.75, 3.05) is 33.5 Å². The molecular weight excluding hydrogens is 456 g/mol. The van der Waals surface area contributed by atoms with Crippen molar-refractivity contribution in [1.29, 1.82) is 0 Å². The summed E-state index contributed by atoms with van der Waals surface area (Å²) in [6.07, 6.45) is -2.73. The van der Waals surface area contributed by atoms with Crippen LogP contribution in [-0.4, -0.2) is 81.6 Å². The third-order valence-electron chi connectivity index (χ3n) is 5.16. The zero-order valence-corrected chi connectivity index (χ0v) is 21.4. The number of carbonyl (C=O) groups excluding carboxylic acids is 2. The molecule has 0 aliphatic carbocycles. The number of benzene rings is 1. The first-order chi connectivity index (χ1) is 16.7. The average molecular weight is 497 g/mol. The third kappa shape index (κ3) is 9.83. The number of nitrogens with one attached hydrogen (secondary N) is 1. The molecule has 0 spiro atoms. The average Bonchev–Trinajstić information content (AvgIpc) is 2.79. The number of esters is 1. The van der Waals surface area contributed by atoms with Crippen molar-refractivity contribution >= 4 is 11.9 Å². The maximum Gasteiger partial charge on any atom is 0.332 e. The molecule has 1 amide bonds. The lowest BCUT2D eigenvalue weighted by molar-refractivity contribution is -0.283. The summed E-state index contributed by atoms with van der Waals surface area (Å²) in [6.45, 7) is 7.91. The van der Waals surface area contributed by atoms with Gasteiger partial charge in [-0.2, -0.15) is 0 Å². The molecule has 3 N–H and O–H groups in total. The van der Waals surface area contributed by atoms with Crippen LogP contribution in [-0.2, 0) is 44.6 Å².